The zero-order chi connectivity index (χ0) is 35.3. The summed E-state index contributed by atoms with van der Waals surface area (Å²) in [5.41, 5.74) is 13.1. The summed E-state index contributed by atoms with van der Waals surface area (Å²) in [6.07, 6.45) is 0. The molecular formula is C53H36. The van der Waals surface area contributed by atoms with Gasteiger partial charge in [-0.15, -0.1) is 0 Å². The van der Waals surface area contributed by atoms with Crippen LogP contribution in [0.5, 0.6) is 0 Å². The van der Waals surface area contributed by atoms with Crippen molar-refractivity contribution < 1.29 is 0 Å². The van der Waals surface area contributed by atoms with Crippen LogP contribution in [0.1, 0.15) is 25.0 Å². The van der Waals surface area contributed by atoms with Gasteiger partial charge in [-0.25, -0.2) is 0 Å². The van der Waals surface area contributed by atoms with Gasteiger partial charge in [-0.3, -0.25) is 0 Å². The second-order valence-electron chi connectivity index (χ2n) is 15.2. The number of fused-ring (bicyclic) bond motifs is 10. The SMILES string of the molecule is CC1(C)c2c(-c3ccc(-c4c5ccccc5c(-c5ccc6ccccc6c5)c5ccccc45)cc3)cc3ccccc3c2-c2ccc3ccccc3c21. The highest BCUT2D eigenvalue weighted by molar-refractivity contribution is 6.22. The van der Waals surface area contributed by atoms with Gasteiger partial charge in [-0.2, -0.15) is 0 Å². The number of hydrogen-bond donors (Lipinski definition) is 0. The Morgan fingerprint density at radius 2 is 0.755 bits per heavy atom. The molecule has 0 unspecified atom stereocenters. The van der Waals surface area contributed by atoms with Gasteiger partial charge >= 0.3 is 0 Å². The van der Waals surface area contributed by atoms with Crippen molar-refractivity contribution in [2.45, 2.75) is 19.3 Å². The highest BCUT2D eigenvalue weighted by atomic mass is 14.4. The van der Waals surface area contributed by atoms with Crippen LogP contribution < -0.4 is 0 Å². The van der Waals surface area contributed by atoms with Crippen LogP contribution in [-0.2, 0) is 5.41 Å². The summed E-state index contributed by atoms with van der Waals surface area (Å²) in [4.78, 5) is 0. The molecule has 0 atom stereocenters. The first-order valence-electron chi connectivity index (χ1n) is 18.7. The third kappa shape index (κ3) is 4.36. The molecule has 0 saturated heterocycles. The summed E-state index contributed by atoms with van der Waals surface area (Å²) in [6.45, 7) is 4.85. The lowest BCUT2D eigenvalue weighted by molar-refractivity contribution is 0.668. The number of hydrogen-bond acceptors (Lipinski definition) is 0. The number of benzene rings is 10. The molecule has 0 aliphatic heterocycles. The Morgan fingerprint density at radius 1 is 0.283 bits per heavy atom. The molecule has 1 aliphatic rings. The Bertz CT molecular complexity index is 3060. The zero-order valence-corrected chi connectivity index (χ0v) is 29.8. The molecule has 0 heteroatoms. The molecule has 0 spiro atoms. The van der Waals surface area contributed by atoms with Crippen molar-refractivity contribution in [3.63, 3.8) is 0 Å². The van der Waals surface area contributed by atoms with Crippen LogP contribution in [0.3, 0.4) is 0 Å². The molecule has 53 heavy (non-hydrogen) atoms. The fourth-order valence-electron chi connectivity index (χ4n) is 9.69. The van der Waals surface area contributed by atoms with E-state index >= 15 is 0 Å². The molecule has 0 N–H and O–H groups in total. The Morgan fingerprint density at radius 3 is 1.42 bits per heavy atom. The van der Waals surface area contributed by atoms with E-state index in [0.29, 0.717) is 0 Å². The first kappa shape index (κ1) is 30.2. The molecule has 1 aliphatic carbocycles. The van der Waals surface area contributed by atoms with Gasteiger partial charge in [0.25, 0.3) is 0 Å². The van der Waals surface area contributed by atoms with E-state index in [-0.39, 0.29) is 5.41 Å². The van der Waals surface area contributed by atoms with Crippen LogP contribution in [0.2, 0.25) is 0 Å². The topological polar surface area (TPSA) is 0 Å². The normalized spacial score (nSPS) is 13.2. The predicted molar refractivity (Wildman–Crippen MR) is 228 cm³/mol. The molecule has 0 nitrogen and oxygen atoms in total. The van der Waals surface area contributed by atoms with Crippen molar-refractivity contribution in [3.05, 3.63) is 193 Å². The van der Waals surface area contributed by atoms with Crippen LogP contribution >= 0.6 is 0 Å². The highest BCUT2D eigenvalue weighted by Gasteiger charge is 2.40. The van der Waals surface area contributed by atoms with E-state index < -0.39 is 0 Å². The fraction of sp³-hybridized carbons (Fsp3) is 0.0566. The molecule has 0 radical (unpaired) electrons. The third-order valence-corrected chi connectivity index (χ3v) is 12.0. The maximum absolute atomic E-state index is 2.43. The predicted octanol–water partition coefficient (Wildman–Crippen LogP) is 14.8. The zero-order valence-electron chi connectivity index (χ0n) is 29.8. The highest BCUT2D eigenvalue weighted by Crippen LogP contribution is 2.57. The Hall–Kier alpha value is -6.50. The van der Waals surface area contributed by atoms with Crippen molar-refractivity contribution in [1.29, 1.82) is 0 Å². The molecule has 10 aromatic carbocycles. The monoisotopic (exact) mass is 672 g/mol. The number of rotatable bonds is 3. The van der Waals surface area contributed by atoms with E-state index in [1.165, 1.54) is 109 Å². The molecule has 10 aromatic rings. The summed E-state index contributed by atoms with van der Waals surface area (Å²) < 4.78 is 0. The average molecular weight is 673 g/mol. The van der Waals surface area contributed by atoms with Crippen molar-refractivity contribution >= 4 is 53.9 Å². The third-order valence-electron chi connectivity index (χ3n) is 12.0. The van der Waals surface area contributed by atoms with Gasteiger partial charge in [-0.1, -0.05) is 184 Å². The van der Waals surface area contributed by atoms with E-state index in [0.717, 1.165) is 0 Å². The Balaban J connectivity index is 1.12. The lowest BCUT2D eigenvalue weighted by Gasteiger charge is -2.26. The van der Waals surface area contributed by atoms with E-state index in [9.17, 15) is 0 Å². The minimum absolute atomic E-state index is 0.172. The van der Waals surface area contributed by atoms with Crippen molar-refractivity contribution in [2.24, 2.45) is 0 Å². The lowest BCUT2D eigenvalue weighted by Crippen LogP contribution is -2.17. The van der Waals surface area contributed by atoms with Gasteiger partial charge in [0.1, 0.15) is 0 Å². The second kappa shape index (κ2) is 11.2. The Labute approximate surface area is 309 Å². The molecule has 0 heterocycles. The van der Waals surface area contributed by atoms with Crippen LogP contribution in [0.4, 0.5) is 0 Å². The molecule has 11 rings (SSSR count). The van der Waals surface area contributed by atoms with Crippen LogP contribution in [0.15, 0.2) is 182 Å². The van der Waals surface area contributed by atoms with Crippen LogP contribution in [0, 0.1) is 0 Å². The van der Waals surface area contributed by atoms with Gasteiger partial charge in [0.2, 0.25) is 0 Å². The smallest absolute Gasteiger partial charge is 0.0171 e. The van der Waals surface area contributed by atoms with E-state index in [1.807, 2.05) is 0 Å². The second-order valence-corrected chi connectivity index (χ2v) is 15.2. The van der Waals surface area contributed by atoms with E-state index in [2.05, 4.69) is 196 Å². The quantitative estimate of drug-likeness (QED) is 0.164. The summed E-state index contributed by atoms with van der Waals surface area (Å²) >= 11 is 0. The van der Waals surface area contributed by atoms with Gasteiger partial charge in [0.15, 0.2) is 0 Å². The molecule has 0 aromatic heterocycles. The first-order valence-corrected chi connectivity index (χ1v) is 18.7. The van der Waals surface area contributed by atoms with Crippen LogP contribution in [0.25, 0.3) is 98.4 Å². The van der Waals surface area contributed by atoms with Gasteiger partial charge < -0.3 is 0 Å². The van der Waals surface area contributed by atoms with Gasteiger partial charge in [0.05, 0.1) is 0 Å². The summed E-state index contributed by atoms with van der Waals surface area (Å²) in [5.74, 6) is 0. The summed E-state index contributed by atoms with van der Waals surface area (Å²) in [6, 6.07) is 67.8. The standard InChI is InChI=1S/C53H36/c1-53(2)51-41-18-8-5-14-34(41)29-30-46(51)50-40-17-7-6-16-38(40)32-47(52(50)53)35-24-26-36(27-25-35)48-42-19-9-11-21-44(42)49(45-22-12-10-20-43(45)48)39-28-23-33-13-3-4-15-37(33)31-39/h3-32H,1-2H3. The Kier molecular flexibility index (Phi) is 6.40. The molecule has 0 bridgehead atoms. The van der Waals surface area contributed by atoms with Crippen molar-refractivity contribution in [1.82, 2.24) is 0 Å². The minimum Gasteiger partial charge on any atom is -0.0616 e. The fourth-order valence-corrected chi connectivity index (χ4v) is 9.69. The molecule has 0 fully saturated rings. The first-order chi connectivity index (χ1) is 26.1. The van der Waals surface area contributed by atoms with Gasteiger partial charge in [0, 0.05) is 5.41 Å². The molecule has 248 valence electrons. The maximum atomic E-state index is 2.43. The van der Waals surface area contributed by atoms with Crippen molar-refractivity contribution in [3.8, 4) is 44.5 Å². The maximum Gasteiger partial charge on any atom is 0.0171 e. The molecular weight excluding hydrogens is 637 g/mol. The molecule has 0 amide bonds. The van der Waals surface area contributed by atoms with E-state index in [1.54, 1.807) is 0 Å². The average Bonchev–Trinajstić information content (AvgIpc) is 3.46. The van der Waals surface area contributed by atoms with Crippen molar-refractivity contribution in [2.75, 3.05) is 0 Å². The van der Waals surface area contributed by atoms with E-state index in [4.69, 9.17) is 0 Å². The minimum atomic E-state index is -0.172. The van der Waals surface area contributed by atoms with Crippen LogP contribution in [-0.4, -0.2) is 0 Å². The molecule has 0 saturated carbocycles. The van der Waals surface area contributed by atoms with Gasteiger partial charge in [-0.05, 0) is 122 Å². The summed E-state index contributed by atoms with van der Waals surface area (Å²) in [7, 11) is 0. The summed E-state index contributed by atoms with van der Waals surface area (Å²) in [5, 5.41) is 12.9. The largest absolute Gasteiger partial charge is 0.0616 e. The lowest BCUT2D eigenvalue weighted by atomic mass is 9.76.